The molecule has 2 heterocycles. The minimum Gasteiger partial charge on any atom is -0.424 e. The Morgan fingerprint density at radius 2 is 1.90 bits per heavy atom. The maximum Gasteiger partial charge on any atom is 0.226 e. The highest BCUT2D eigenvalue weighted by Crippen LogP contribution is 2.21. The molecule has 3 rings (SSSR count). The van der Waals surface area contributed by atoms with Gasteiger partial charge in [-0.05, 0) is 22.6 Å². The van der Waals surface area contributed by atoms with Crippen LogP contribution >= 0.6 is 11.8 Å². The SMILES string of the molecule is CCc1nnc(CSc2nnnn2-c2ccccc2)o1. The van der Waals surface area contributed by atoms with E-state index in [2.05, 4.69) is 25.7 Å². The van der Waals surface area contributed by atoms with E-state index in [0.717, 1.165) is 12.1 Å². The fourth-order valence-electron chi connectivity index (χ4n) is 1.62. The minimum atomic E-state index is 0.542. The van der Waals surface area contributed by atoms with Crippen molar-refractivity contribution in [2.45, 2.75) is 24.3 Å². The number of thioether (sulfide) groups is 1. The summed E-state index contributed by atoms with van der Waals surface area (Å²) in [6.45, 7) is 1.97. The zero-order valence-corrected chi connectivity index (χ0v) is 11.6. The molecular weight excluding hydrogens is 276 g/mol. The molecule has 0 bridgehead atoms. The van der Waals surface area contributed by atoms with Gasteiger partial charge in [0.2, 0.25) is 16.9 Å². The Balaban J connectivity index is 1.74. The fraction of sp³-hybridized carbons (Fsp3) is 0.250. The molecule has 0 saturated heterocycles. The molecule has 7 nitrogen and oxygen atoms in total. The Bertz CT molecular complexity index is 680. The maximum atomic E-state index is 5.46. The molecule has 0 atom stereocenters. The van der Waals surface area contributed by atoms with Crippen LogP contribution in [-0.2, 0) is 12.2 Å². The van der Waals surface area contributed by atoms with Crippen molar-refractivity contribution < 1.29 is 4.42 Å². The first kappa shape index (κ1) is 12.8. The summed E-state index contributed by atoms with van der Waals surface area (Å²) in [5.41, 5.74) is 0.916. The molecule has 3 aromatic rings. The number of aryl methyl sites for hydroxylation is 1. The molecule has 0 fully saturated rings. The highest BCUT2D eigenvalue weighted by Gasteiger charge is 2.11. The van der Waals surface area contributed by atoms with Gasteiger partial charge < -0.3 is 4.42 Å². The normalized spacial score (nSPS) is 10.8. The van der Waals surface area contributed by atoms with E-state index in [1.165, 1.54) is 11.8 Å². The molecule has 0 spiro atoms. The number of hydrogen-bond donors (Lipinski definition) is 0. The van der Waals surface area contributed by atoms with Crippen molar-refractivity contribution in [2.24, 2.45) is 0 Å². The van der Waals surface area contributed by atoms with Gasteiger partial charge in [0.1, 0.15) is 0 Å². The van der Waals surface area contributed by atoms with Crippen LogP contribution in [0.25, 0.3) is 5.69 Å². The van der Waals surface area contributed by atoms with Gasteiger partial charge in [0, 0.05) is 6.42 Å². The highest BCUT2D eigenvalue weighted by molar-refractivity contribution is 7.98. The van der Waals surface area contributed by atoms with Gasteiger partial charge in [0.25, 0.3) is 0 Å². The lowest BCUT2D eigenvalue weighted by Crippen LogP contribution is -1.98. The number of rotatable bonds is 5. The van der Waals surface area contributed by atoms with E-state index in [4.69, 9.17) is 4.42 Å². The van der Waals surface area contributed by atoms with E-state index in [1.54, 1.807) is 4.68 Å². The molecule has 2 aromatic heterocycles. The largest absolute Gasteiger partial charge is 0.424 e. The summed E-state index contributed by atoms with van der Waals surface area (Å²) in [5, 5.41) is 20.3. The van der Waals surface area contributed by atoms with E-state index in [9.17, 15) is 0 Å². The molecule has 0 saturated carbocycles. The second-order valence-corrected chi connectivity index (χ2v) is 4.88. The molecule has 8 heteroatoms. The van der Waals surface area contributed by atoms with Crippen LogP contribution in [0.15, 0.2) is 39.9 Å². The smallest absolute Gasteiger partial charge is 0.226 e. The van der Waals surface area contributed by atoms with Crippen LogP contribution in [0, 0.1) is 0 Å². The van der Waals surface area contributed by atoms with Crippen molar-refractivity contribution >= 4 is 11.8 Å². The van der Waals surface area contributed by atoms with E-state index < -0.39 is 0 Å². The summed E-state index contributed by atoms with van der Waals surface area (Å²) in [4.78, 5) is 0. The van der Waals surface area contributed by atoms with Gasteiger partial charge in [-0.1, -0.05) is 36.9 Å². The highest BCUT2D eigenvalue weighted by atomic mass is 32.2. The van der Waals surface area contributed by atoms with Gasteiger partial charge in [0.05, 0.1) is 11.4 Å². The average molecular weight is 288 g/mol. The molecule has 0 amide bonds. The first-order valence-electron chi connectivity index (χ1n) is 6.14. The quantitative estimate of drug-likeness (QED) is 0.663. The monoisotopic (exact) mass is 288 g/mol. The summed E-state index contributed by atoms with van der Waals surface area (Å²) in [6.07, 6.45) is 0.736. The van der Waals surface area contributed by atoms with Gasteiger partial charge in [-0.25, -0.2) is 0 Å². The number of para-hydroxylation sites is 1. The number of hydrogen-bond acceptors (Lipinski definition) is 7. The molecule has 0 aliphatic rings. The van der Waals surface area contributed by atoms with Crippen LogP contribution in [-0.4, -0.2) is 30.4 Å². The summed E-state index contributed by atoms with van der Waals surface area (Å²) in [7, 11) is 0. The number of benzene rings is 1. The molecule has 1 aromatic carbocycles. The third-order valence-electron chi connectivity index (χ3n) is 2.58. The lowest BCUT2D eigenvalue weighted by molar-refractivity contribution is 0.469. The van der Waals surface area contributed by atoms with E-state index in [0.29, 0.717) is 22.7 Å². The van der Waals surface area contributed by atoms with Gasteiger partial charge in [-0.2, -0.15) is 4.68 Å². The Hall–Kier alpha value is -2.22. The predicted octanol–water partition coefficient (Wildman–Crippen LogP) is 1.90. The fourth-order valence-corrected chi connectivity index (χ4v) is 2.34. The van der Waals surface area contributed by atoms with Crippen LogP contribution in [0.5, 0.6) is 0 Å². The Kier molecular flexibility index (Phi) is 3.73. The first-order valence-corrected chi connectivity index (χ1v) is 7.13. The molecule has 0 radical (unpaired) electrons. The zero-order chi connectivity index (χ0) is 13.8. The van der Waals surface area contributed by atoms with Gasteiger partial charge in [0.15, 0.2) is 0 Å². The predicted molar refractivity (Wildman–Crippen MR) is 72.4 cm³/mol. The third kappa shape index (κ3) is 2.69. The summed E-state index contributed by atoms with van der Waals surface area (Å²) < 4.78 is 7.14. The topological polar surface area (TPSA) is 82.5 Å². The van der Waals surface area contributed by atoms with Gasteiger partial charge in [-0.15, -0.1) is 15.3 Å². The van der Waals surface area contributed by atoms with Gasteiger partial charge >= 0.3 is 0 Å². The molecular formula is C12H12N6OS. The molecule has 0 N–H and O–H groups in total. The number of tetrazole rings is 1. The second-order valence-electron chi connectivity index (χ2n) is 3.94. The molecule has 0 unspecified atom stereocenters. The van der Waals surface area contributed by atoms with Crippen molar-refractivity contribution in [3.8, 4) is 5.69 Å². The van der Waals surface area contributed by atoms with Crippen LogP contribution in [0.1, 0.15) is 18.7 Å². The van der Waals surface area contributed by atoms with Crippen LogP contribution in [0.3, 0.4) is 0 Å². The molecule has 102 valence electrons. The minimum absolute atomic E-state index is 0.542. The molecule has 0 aliphatic heterocycles. The van der Waals surface area contributed by atoms with E-state index in [-0.39, 0.29) is 0 Å². The standard InChI is InChI=1S/C12H12N6OS/c1-2-10-13-14-11(19-10)8-20-12-15-16-17-18(12)9-6-4-3-5-7-9/h3-7H,2,8H2,1H3. The Morgan fingerprint density at radius 3 is 2.65 bits per heavy atom. The molecule has 0 aliphatic carbocycles. The van der Waals surface area contributed by atoms with Crippen LogP contribution in [0.4, 0.5) is 0 Å². The first-order chi connectivity index (χ1) is 9.86. The Morgan fingerprint density at radius 1 is 1.10 bits per heavy atom. The lowest BCUT2D eigenvalue weighted by Gasteiger charge is -2.02. The van der Waals surface area contributed by atoms with Gasteiger partial charge in [-0.3, -0.25) is 0 Å². The van der Waals surface area contributed by atoms with E-state index >= 15 is 0 Å². The molecule has 20 heavy (non-hydrogen) atoms. The zero-order valence-electron chi connectivity index (χ0n) is 10.8. The van der Waals surface area contributed by atoms with Crippen molar-refractivity contribution in [1.82, 2.24) is 30.4 Å². The third-order valence-corrected chi connectivity index (χ3v) is 3.48. The average Bonchev–Trinajstić information content (AvgIpc) is 3.15. The van der Waals surface area contributed by atoms with Crippen molar-refractivity contribution in [2.75, 3.05) is 0 Å². The number of nitrogens with zero attached hydrogens (tertiary/aromatic N) is 6. The lowest BCUT2D eigenvalue weighted by atomic mass is 10.3. The van der Waals surface area contributed by atoms with Crippen LogP contribution in [0.2, 0.25) is 0 Å². The summed E-state index contributed by atoms with van der Waals surface area (Å²) >= 11 is 1.46. The Labute approximate surface area is 119 Å². The number of aromatic nitrogens is 6. The van der Waals surface area contributed by atoms with Crippen molar-refractivity contribution in [3.63, 3.8) is 0 Å². The summed E-state index contributed by atoms with van der Waals surface area (Å²) in [6, 6.07) is 9.73. The van der Waals surface area contributed by atoms with Crippen LogP contribution < -0.4 is 0 Å². The summed E-state index contributed by atoms with van der Waals surface area (Å²) in [5.74, 6) is 1.76. The van der Waals surface area contributed by atoms with Crippen molar-refractivity contribution in [1.29, 1.82) is 0 Å². The maximum absolute atomic E-state index is 5.46. The van der Waals surface area contributed by atoms with Crippen molar-refractivity contribution in [3.05, 3.63) is 42.1 Å². The van der Waals surface area contributed by atoms with E-state index in [1.807, 2.05) is 37.3 Å². The second kappa shape index (κ2) is 5.83.